The zero-order chi connectivity index (χ0) is 17.7. The Labute approximate surface area is 141 Å². The minimum Gasteiger partial charge on any atom is -0.323 e. The molecule has 0 aliphatic carbocycles. The first-order valence-corrected chi connectivity index (χ1v) is 9.02. The van der Waals surface area contributed by atoms with Crippen molar-refractivity contribution in [2.24, 2.45) is 5.14 Å². The Bertz CT molecular complexity index is 803. The number of primary sulfonamides is 1. The molecular formula is C15H21N5O3S. The van der Waals surface area contributed by atoms with E-state index in [9.17, 15) is 13.2 Å². The lowest BCUT2D eigenvalue weighted by atomic mass is 10.2. The van der Waals surface area contributed by atoms with Crippen LogP contribution in [0.2, 0.25) is 0 Å². The SMILES string of the molecule is CCN(CCn1cccn1)C(=O)Nc1cc(S(N)(=O)=O)ccc1C. The number of nitrogens with zero attached hydrogens (tertiary/aromatic N) is 3. The van der Waals surface area contributed by atoms with Crippen LogP contribution in [0.3, 0.4) is 0 Å². The van der Waals surface area contributed by atoms with Crippen LogP contribution in [-0.2, 0) is 16.6 Å². The van der Waals surface area contributed by atoms with Gasteiger partial charge in [0, 0.05) is 31.2 Å². The van der Waals surface area contributed by atoms with Gasteiger partial charge >= 0.3 is 6.03 Å². The Hall–Kier alpha value is -2.39. The summed E-state index contributed by atoms with van der Waals surface area (Å²) in [6.07, 6.45) is 3.50. The largest absolute Gasteiger partial charge is 0.323 e. The second kappa shape index (κ2) is 7.45. The molecule has 2 rings (SSSR count). The summed E-state index contributed by atoms with van der Waals surface area (Å²) in [6.45, 7) is 5.22. The first kappa shape index (κ1) is 18.0. The normalized spacial score (nSPS) is 11.3. The highest BCUT2D eigenvalue weighted by Crippen LogP contribution is 2.19. The van der Waals surface area contributed by atoms with Gasteiger partial charge < -0.3 is 10.2 Å². The third kappa shape index (κ3) is 4.56. The molecule has 9 heteroatoms. The molecule has 1 heterocycles. The van der Waals surface area contributed by atoms with Crippen LogP contribution in [0.1, 0.15) is 12.5 Å². The van der Waals surface area contributed by atoms with Gasteiger partial charge in [0.1, 0.15) is 0 Å². The van der Waals surface area contributed by atoms with Crippen LogP contribution >= 0.6 is 0 Å². The van der Waals surface area contributed by atoms with E-state index in [1.165, 1.54) is 12.1 Å². The molecule has 24 heavy (non-hydrogen) atoms. The summed E-state index contributed by atoms with van der Waals surface area (Å²) in [5, 5.41) is 12.0. The van der Waals surface area contributed by atoms with E-state index in [2.05, 4.69) is 10.4 Å². The number of amides is 2. The highest BCUT2D eigenvalue weighted by molar-refractivity contribution is 7.89. The number of benzene rings is 1. The van der Waals surface area contributed by atoms with Crippen molar-refractivity contribution in [2.45, 2.75) is 25.3 Å². The molecule has 0 saturated heterocycles. The zero-order valence-electron chi connectivity index (χ0n) is 13.6. The summed E-state index contributed by atoms with van der Waals surface area (Å²) in [7, 11) is -3.82. The van der Waals surface area contributed by atoms with E-state index in [1.54, 1.807) is 28.8 Å². The lowest BCUT2D eigenvalue weighted by Crippen LogP contribution is -2.37. The highest BCUT2D eigenvalue weighted by atomic mass is 32.2. The van der Waals surface area contributed by atoms with Crippen molar-refractivity contribution in [2.75, 3.05) is 18.4 Å². The van der Waals surface area contributed by atoms with E-state index >= 15 is 0 Å². The Kier molecular flexibility index (Phi) is 5.58. The molecule has 0 fully saturated rings. The van der Waals surface area contributed by atoms with Gasteiger partial charge in [-0.15, -0.1) is 0 Å². The summed E-state index contributed by atoms with van der Waals surface area (Å²) < 4.78 is 24.6. The van der Waals surface area contributed by atoms with Crippen molar-refractivity contribution in [1.29, 1.82) is 0 Å². The number of anilines is 1. The van der Waals surface area contributed by atoms with Gasteiger partial charge in [-0.05, 0) is 37.6 Å². The predicted molar refractivity (Wildman–Crippen MR) is 91.0 cm³/mol. The van der Waals surface area contributed by atoms with Crippen molar-refractivity contribution in [3.8, 4) is 0 Å². The smallest absolute Gasteiger partial charge is 0.321 e. The fraction of sp³-hybridized carbons (Fsp3) is 0.333. The van der Waals surface area contributed by atoms with Crippen LogP contribution in [-0.4, -0.2) is 42.2 Å². The Morgan fingerprint density at radius 1 is 1.42 bits per heavy atom. The van der Waals surface area contributed by atoms with E-state index < -0.39 is 10.0 Å². The average molecular weight is 351 g/mol. The Morgan fingerprint density at radius 2 is 2.17 bits per heavy atom. The molecule has 0 atom stereocenters. The molecule has 0 unspecified atom stereocenters. The zero-order valence-corrected chi connectivity index (χ0v) is 14.5. The highest BCUT2D eigenvalue weighted by Gasteiger charge is 2.15. The van der Waals surface area contributed by atoms with Crippen molar-refractivity contribution >= 4 is 21.7 Å². The van der Waals surface area contributed by atoms with E-state index in [0.717, 1.165) is 5.56 Å². The molecule has 8 nitrogen and oxygen atoms in total. The lowest BCUT2D eigenvalue weighted by molar-refractivity contribution is 0.211. The third-order valence-electron chi connectivity index (χ3n) is 3.61. The summed E-state index contributed by atoms with van der Waals surface area (Å²) in [6, 6.07) is 5.90. The maximum atomic E-state index is 12.4. The first-order chi connectivity index (χ1) is 11.3. The van der Waals surface area contributed by atoms with Crippen LogP contribution in [0.25, 0.3) is 0 Å². The number of nitrogens with two attached hydrogens (primary N) is 1. The van der Waals surface area contributed by atoms with Crippen LogP contribution in [0.4, 0.5) is 10.5 Å². The Balaban J connectivity index is 2.09. The van der Waals surface area contributed by atoms with Gasteiger partial charge in [-0.1, -0.05) is 6.07 Å². The lowest BCUT2D eigenvalue weighted by Gasteiger charge is -2.22. The standard InChI is InChI=1S/C15H21N5O3S/c1-3-19(9-10-20-8-4-7-17-20)15(21)18-14-11-13(24(16,22)23)6-5-12(14)2/h4-8,11H,3,9-10H2,1-2H3,(H,18,21)(H2,16,22,23). The number of hydrogen-bond donors (Lipinski definition) is 2. The molecule has 3 N–H and O–H groups in total. The summed E-state index contributed by atoms with van der Waals surface area (Å²) in [5.74, 6) is 0. The van der Waals surface area contributed by atoms with Crippen LogP contribution < -0.4 is 10.5 Å². The number of sulfonamides is 1. The minimum atomic E-state index is -3.82. The van der Waals surface area contributed by atoms with E-state index in [1.807, 2.05) is 19.2 Å². The molecular weight excluding hydrogens is 330 g/mol. The summed E-state index contributed by atoms with van der Waals surface area (Å²) >= 11 is 0. The van der Waals surface area contributed by atoms with Crippen LogP contribution in [0, 0.1) is 6.92 Å². The summed E-state index contributed by atoms with van der Waals surface area (Å²) in [4.78, 5) is 14.0. The monoisotopic (exact) mass is 351 g/mol. The summed E-state index contributed by atoms with van der Waals surface area (Å²) in [5.41, 5.74) is 1.17. The number of urea groups is 1. The number of aryl methyl sites for hydroxylation is 1. The van der Waals surface area contributed by atoms with Gasteiger partial charge in [0.2, 0.25) is 10.0 Å². The van der Waals surface area contributed by atoms with Gasteiger partial charge in [-0.25, -0.2) is 18.4 Å². The average Bonchev–Trinajstić information content (AvgIpc) is 3.02. The molecule has 2 amide bonds. The quantitative estimate of drug-likeness (QED) is 0.819. The number of rotatable bonds is 6. The van der Waals surface area contributed by atoms with E-state index in [4.69, 9.17) is 5.14 Å². The van der Waals surface area contributed by atoms with Crippen LogP contribution in [0.15, 0.2) is 41.6 Å². The molecule has 2 aromatic rings. The van der Waals surface area contributed by atoms with Gasteiger partial charge in [-0.3, -0.25) is 4.68 Å². The van der Waals surface area contributed by atoms with Gasteiger partial charge in [0.25, 0.3) is 0 Å². The first-order valence-electron chi connectivity index (χ1n) is 7.48. The third-order valence-corrected chi connectivity index (χ3v) is 4.52. The molecule has 0 saturated carbocycles. The van der Waals surface area contributed by atoms with Crippen molar-refractivity contribution in [3.05, 3.63) is 42.2 Å². The van der Waals surface area contributed by atoms with E-state index in [0.29, 0.717) is 25.3 Å². The molecule has 1 aromatic heterocycles. The van der Waals surface area contributed by atoms with Crippen molar-refractivity contribution in [1.82, 2.24) is 14.7 Å². The number of carbonyl (C=O) groups excluding carboxylic acids is 1. The maximum Gasteiger partial charge on any atom is 0.321 e. The molecule has 130 valence electrons. The second-order valence-corrected chi connectivity index (χ2v) is 6.86. The molecule has 0 aliphatic heterocycles. The van der Waals surface area contributed by atoms with Crippen molar-refractivity contribution in [3.63, 3.8) is 0 Å². The molecule has 0 aliphatic rings. The molecule has 0 spiro atoms. The fourth-order valence-electron chi connectivity index (χ4n) is 2.17. The topological polar surface area (TPSA) is 110 Å². The molecule has 0 bridgehead atoms. The maximum absolute atomic E-state index is 12.4. The van der Waals surface area contributed by atoms with Gasteiger partial charge in [-0.2, -0.15) is 5.10 Å². The fourth-order valence-corrected chi connectivity index (χ4v) is 2.71. The number of carbonyl (C=O) groups is 1. The number of nitrogens with one attached hydrogen (secondary N) is 1. The second-order valence-electron chi connectivity index (χ2n) is 5.30. The number of hydrogen-bond acceptors (Lipinski definition) is 4. The van der Waals surface area contributed by atoms with Gasteiger partial charge in [0.05, 0.1) is 11.4 Å². The van der Waals surface area contributed by atoms with E-state index in [-0.39, 0.29) is 10.9 Å². The number of aromatic nitrogens is 2. The van der Waals surface area contributed by atoms with Gasteiger partial charge in [0.15, 0.2) is 0 Å². The predicted octanol–water partition coefficient (Wildman–Crippen LogP) is 1.39. The van der Waals surface area contributed by atoms with Crippen LogP contribution in [0.5, 0.6) is 0 Å². The molecule has 1 aromatic carbocycles. The van der Waals surface area contributed by atoms with Crippen molar-refractivity contribution < 1.29 is 13.2 Å². The Morgan fingerprint density at radius 3 is 2.75 bits per heavy atom. The minimum absolute atomic E-state index is 0.0389. The number of likely N-dealkylation sites (N-methyl/N-ethyl adjacent to an activating group) is 1. The molecule has 0 radical (unpaired) electrons.